The van der Waals surface area contributed by atoms with E-state index in [2.05, 4.69) is 18.8 Å². The minimum Gasteiger partial charge on any atom is -0.477 e. The van der Waals surface area contributed by atoms with Crippen LogP contribution in [0.3, 0.4) is 0 Å². The van der Waals surface area contributed by atoms with E-state index in [1.165, 1.54) is 0 Å². The van der Waals surface area contributed by atoms with Crippen molar-refractivity contribution >= 4 is 5.90 Å². The van der Waals surface area contributed by atoms with Gasteiger partial charge in [0.1, 0.15) is 13.2 Å². The fourth-order valence-corrected chi connectivity index (χ4v) is 0.869. The van der Waals surface area contributed by atoms with E-state index in [0.29, 0.717) is 18.4 Å². The quantitative estimate of drug-likeness (QED) is 0.609. The molecule has 0 aromatic carbocycles. The molecule has 1 atom stereocenters. The normalized spacial score (nSPS) is 24.8. The summed E-state index contributed by atoms with van der Waals surface area (Å²) in [6, 6.07) is 0.252. The summed E-state index contributed by atoms with van der Waals surface area (Å²) in [4.78, 5) is 4.15. The standard InChI is InChI=1S/C7H13NO2/c1-5(2)6-4-10-7(3-9)8-6/h5-6,9H,3-4H2,1-2H3. The van der Waals surface area contributed by atoms with Crippen molar-refractivity contribution in [1.82, 2.24) is 0 Å². The Kier molecular flexibility index (Phi) is 2.27. The van der Waals surface area contributed by atoms with Crippen LogP contribution in [0.4, 0.5) is 0 Å². The summed E-state index contributed by atoms with van der Waals surface area (Å²) in [6.07, 6.45) is 0. The van der Waals surface area contributed by atoms with E-state index in [9.17, 15) is 0 Å². The first kappa shape index (κ1) is 7.54. The third kappa shape index (κ3) is 1.48. The Morgan fingerprint density at radius 3 is 2.80 bits per heavy atom. The molecule has 1 aliphatic rings. The van der Waals surface area contributed by atoms with Crippen LogP contribution < -0.4 is 0 Å². The average Bonchev–Trinajstić information content (AvgIpc) is 2.34. The van der Waals surface area contributed by atoms with Crippen molar-refractivity contribution in [2.75, 3.05) is 13.2 Å². The second-order valence-electron chi connectivity index (χ2n) is 2.80. The average molecular weight is 143 g/mol. The van der Waals surface area contributed by atoms with Crippen LogP contribution >= 0.6 is 0 Å². The van der Waals surface area contributed by atoms with Crippen molar-refractivity contribution in [2.45, 2.75) is 19.9 Å². The van der Waals surface area contributed by atoms with Crippen LogP contribution in [0.25, 0.3) is 0 Å². The van der Waals surface area contributed by atoms with E-state index in [4.69, 9.17) is 9.84 Å². The topological polar surface area (TPSA) is 41.8 Å². The number of hydrogen-bond donors (Lipinski definition) is 1. The zero-order chi connectivity index (χ0) is 7.56. The van der Waals surface area contributed by atoms with Crippen LogP contribution in [0.5, 0.6) is 0 Å². The molecule has 0 aromatic rings. The highest BCUT2D eigenvalue weighted by Crippen LogP contribution is 2.12. The molecule has 0 saturated heterocycles. The molecule has 1 rings (SSSR count). The largest absolute Gasteiger partial charge is 0.477 e. The van der Waals surface area contributed by atoms with Crippen LogP contribution in [0.1, 0.15) is 13.8 Å². The van der Waals surface area contributed by atoms with Crippen molar-refractivity contribution in [3.63, 3.8) is 0 Å². The van der Waals surface area contributed by atoms with Crippen LogP contribution in [-0.2, 0) is 4.74 Å². The number of nitrogens with zero attached hydrogens (tertiary/aromatic N) is 1. The highest BCUT2D eigenvalue weighted by atomic mass is 16.5. The summed E-state index contributed by atoms with van der Waals surface area (Å²) in [5, 5.41) is 8.61. The second kappa shape index (κ2) is 3.01. The molecule has 0 saturated carbocycles. The Hall–Kier alpha value is -0.570. The molecule has 3 nitrogen and oxygen atoms in total. The molecule has 1 aliphatic heterocycles. The minimum absolute atomic E-state index is 0.0663. The molecule has 0 aromatic heterocycles. The summed E-state index contributed by atoms with van der Waals surface area (Å²) in [5.74, 6) is 0.989. The molecule has 0 radical (unpaired) electrons. The number of rotatable bonds is 2. The van der Waals surface area contributed by atoms with Gasteiger partial charge in [0, 0.05) is 0 Å². The number of ether oxygens (including phenoxy) is 1. The van der Waals surface area contributed by atoms with Crippen molar-refractivity contribution in [1.29, 1.82) is 0 Å². The molecule has 0 fully saturated rings. The van der Waals surface area contributed by atoms with E-state index >= 15 is 0 Å². The summed E-state index contributed by atoms with van der Waals surface area (Å²) < 4.78 is 5.08. The third-order valence-electron chi connectivity index (χ3n) is 1.64. The van der Waals surface area contributed by atoms with Gasteiger partial charge in [-0.25, -0.2) is 4.99 Å². The summed E-state index contributed by atoms with van der Waals surface area (Å²) in [7, 11) is 0. The maximum atomic E-state index is 8.61. The number of aliphatic hydroxyl groups is 1. The van der Waals surface area contributed by atoms with Gasteiger partial charge in [-0.2, -0.15) is 0 Å². The monoisotopic (exact) mass is 143 g/mol. The van der Waals surface area contributed by atoms with Gasteiger partial charge < -0.3 is 9.84 Å². The second-order valence-corrected chi connectivity index (χ2v) is 2.80. The molecule has 1 N–H and O–H groups in total. The lowest BCUT2D eigenvalue weighted by molar-refractivity contribution is 0.257. The minimum atomic E-state index is -0.0663. The van der Waals surface area contributed by atoms with Gasteiger partial charge >= 0.3 is 0 Å². The zero-order valence-corrected chi connectivity index (χ0v) is 6.37. The summed E-state index contributed by atoms with van der Waals surface area (Å²) in [5.41, 5.74) is 0. The SMILES string of the molecule is CC(C)C1COC(CO)=N1. The Bertz CT molecular complexity index is 143. The molecule has 0 bridgehead atoms. The van der Waals surface area contributed by atoms with Crippen LogP contribution in [0, 0.1) is 5.92 Å². The lowest BCUT2D eigenvalue weighted by Crippen LogP contribution is -2.13. The first-order valence-corrected chi connectivity index (χ1v) is 3.54. The van der Waals surface area contributed by atoms with Gasteiger partial charge in [0.15, 0.2) is 0 Å². The molecular formula is C7H13NO2. The van der Waals surface area contributed by atoms with Crippen molar-refractivity contribution in [3.8, 4) is 0 Å². The Morgan fingerprint density at radius 1 is 1.80 bits per heavy atom. The van der Waals surface area contributed by atoms with Crippen LogP contribution in [0.15, 0.2) is 4.99 Å². The van der Waals surface area contributed by atoms with E-state index in [1.807, 2.05) is 0 Å². The Balaban J connectivity index is 2.47. The van der Waals surface area contributed by atoms with Crippen molar-refractivity contribution < 1.29 is 9.84 Å². The van der Waals surface area contributed by atoms with Gasteiger partial charge in [0.05, 0.1) is 6.04 Å². The van der Waals surface area contributed by atoms with Crippen LogP contribution in [-0.4, -0.2) is 30.3 Å². The van der Waals surface area contributed by atoms with Crippen molar-refractivity contribution in [2.24, 2.45) is 10.9 Å². The molecule has 1 unspecified atom stereocenters. The highest BCUT2D eigenvalue weighted by molar-refractivity contribution is 5.78. The molecule has 0 spiro atoms. The van der Waals surface area contributed by atoms with Gasteiger partial charge in [-0.05, 0) is 5.92 Å². The highest BCUT2D eigenvalue weighted by Gasteiger charge is 2.20. The van der Waals surface area contributed by atoms with E-state index < -0.39 is 0 Å². The number of aliphatic hydroxyl groups excluding tert-OH is 1. The van der Waals surface area contributed by atoms with Gasteiger partial charge in [-0.15, -0.1) is 0 Å². The van der Waals surface area contributed by atoms with Gasteiger partial charge in [-0.1, -0.05) is 13.8 Å². The first-order valence-electron chi connectivity index (χ1n) is 3.54. The van der Waals surface area contributed by atoms with Crippen LogP contribution in [0.2, 0.25) is 0 Å². The van der Waals surface area contributed by atoms with E-state index in [0.717, 1.165) is 0 Å². The van der Waals surface area contributed by atoms with Gasteiger partial charge in [0.2, 0.25) is 5.90 Å². The molecule has 1 heterocycles. The maximum Gasteiger partial charge on any atom is 0.210 e. The fourth-order valence-electron chi connectivity index (χ4n) is 0.869. The van der Waals surface area contributed by atoms with E-state index in [-0.39, 0.29) is 12.6 Å². The third-order valence-corrected chi connectivity index (χ3v) is 1.64. The zero-order valence-electron chi connectivity index (χ0n) is 6.37. The summed E-state index contributed by atoms with van der Waals surface area (Å²) in [6.45, 7) is 4.76. The first-order chi connectivity index (χ1) is 4.74. The lowest BCUT2D eigenvalue weighted by Gasteiger charge is -2.06. The molecule has 10 heavy (non-hydrogen) atoms. The molecule has 3 heteroatoms. The number of hydrogen-bond acceptors (Lipinski definition) is 3. The smallest absolute Gasteiger partial charge is 0.210 e. The summed E-state index contributed by atoms with van der Waals surface area (Å²) >= 11 is 0. The Labute approximate surface area is 60.7 Å². The predicted octanol–water partition coefficient (Wildman–Crippen LogP) is 0.432. The van der Waals surface area contributed by atoms with Crippen molar-refractivity contribution in [3.05, 3.63) is 0 Å². The lowest BCUT2D eigenvalue weighted by atomic mass is 10.1. The maximum absolute atomic E-state index is 8.61. The molecule has 0 amide bonds. The predicted molar refractivity (Wildman–Crippen MR) is 39.1 cm³/mol. The number of aliphatic imine (C=N–C) groups is 1. The molecule has 0 aliphatic carbocycles. The molecule has 58 valence electrons. The molecular weight excluding hydrogens is 130 g/mol. The van der Waals surface area contributed by atoms with E-state index in [1.54, 1.807) is 0 Å². The Morgan fingerprint density at radius 2 is 2.50 bits per heavy atom. The fraction of sp³-hybridized carbons (Fsp3) is 0.857. The van der Waals surface area contributed by atoms with Gasteiger partial charge in [0.25, 0.3) is 0 Å². The van der Waals surface area contributed by atoms with Gasteiger partial charge in [-0.3, -0.25) is 0 Å².